The van der Waals surface area contributed by atoms with Gasteiger partial charge in [0.2, 0.25) is 5.82 Å². The fourth-order valence-corrected chi connectivity index (χ4v) is 1.82. The highest BCUT2D eigenvalue weighted by Crippen LogP contribution is 2.09. The molecule has 0 bridgehead atoms. The minimum Gasteiger partial charge on any atom is -0.389 e. The summed E-state index contributed by atoms with van der Waals surface area (Å²) in [5.74, 6) is -0.608. The van der Waals surface area contributed by atoms with Crippen molar-refractivity contribution >= 4 is 24.7 Å². The van der Waals surface area contributed by atoms with Crippen LogP contribution in [0.5, 0.6) is 0 Å². The van der Waals surface area contributed by atoms with E-state index in [1.807, 2.05) is 25.2 Å². The predicted molar refractivity (Wildman–Crippen MR) is 84.0 cm³/mol. The van der Waals surface area contributed by atoms with Crippen molar-refractivity contribution in [3.63, 3.8) is 0 Å². The Bertz CT molecular complexity index is 573. The SMILES string of the molecule is C=C/C=C\C(=C/C)CCC(=O)Cn1ccnc1C(=O)OS. The molecule has 0 aliphatic rings. The molecular weight excluding hydrogens is 288 g/mol. The second-order valence-electron chi connectivity index (χ2n) is 4.25. The van der Waals surface area contributed by atoms with Crippen LogP contribution in [0.25, 0.3) is 0 Å². The minimum atomic E-state index is -0.681. The number of allylic oxidation sites excluding steroid dienone is 5. The number of aromatic nitrogens is 2. The Morgan fingerprint density at radius 2 is 2.24 bits per heavy atom. The van der Waals surface area contributed by atoms with E-state index >= 15 is 0 Å². The number of ketones is 1. The van der Waals surface area contributed by atoms with Crippen molar-refractivity contribution in [3.05, 3.63) is 54.7 Å². The Balaban J connectivity index is 2.59. The van der Waals surface area contributed by atoms with Crippen LogP contribution in [0.4, 0.5) is 0 Å². The third-order valence-electron chi connectivity index (χ3n) is 2.84. The number of carbonyl (C=O) groups excluding carboxylic acids is 2. The molecule has 1 aromatic rings. The summed E-state index contributed by atoms with van der Waals surface area (Å²) in [6.07, 6.45) is 11.4. The molecule has 0 aliphatic carbocycles. The van der Waals surface area contributed by atoms with E-state index in [1.165, 1.54) is 10.8 Å². The van der Waals surface area contributed by atoms with Gasteiger partial charge in [-0.25, -0.2) is 9.78 Å². The maximum absolute atomic E-state index is 12.0. The molecule has 0 unspecified atom stereocenters. The average molecular weight is 306 g/mol. The molecule has 112 valence electrons. The van der Waals surface area contributed by atoms with E-state index in [9.17, 15) is 9.59 Å². The Labute approximate surface area is 129 Å². The molecule has 0 aromatic carbocycles. The zero-order valence-electron chi connectivity index (χ0n) is 11.9. The highest BCUT2D eigenvalue weighted by atomic mass is 32.1. The van der Waals surface area contributed by atoms with Gasteiger partial charge in [-0.3, -0.25) is 4.79 Å². The Kier molecular flexibility index (Phi) is 7.25. The van der Waals surface area contributed by atoms with Crippen molar-refractivity contribution in [1.82, 2.24) is 9.55 Å². The molecule has 0 N–H and O–H groups in total. The van der Waals surface area contributed by atoms with Crippen molar-refractivity contribution in [2.24, 2.45) is 0 Å². The van der Waals surface area contributed by atoms with Crippen molar-refractivity contribution in [2.75, 3.05) is 0 Å². The molecule has 0 saturated carbocycles. The van der Waals surface area contributed by atoms with Gasteiger partial charge in [-0.05, 0) is 13.3 Å². The molecule has 0 aliphatic heterocycles. The minimum absolute atomic E-state index is 0.00701. The number of rotatable bonds is 8. The standard InChI is InChI=1S/C15H18N2O3S/c1-3-5-6-12(4-2)7-8-13(18)11-17-10-9-16-14(17)15(19)20-21/h3-6,9-10,21H,1,7-8,11H2,2H3/b6-5-,12-4+. The third kappa shape index (κ3) is 5.43. The van der Waals surface area contributed by atoms with Crippen LogP contribution in [-0.2, 0) is 15.5 Å². The number of thiol groups is 1. The predicted octanol–water partition coefficient (Wildman–Crippen LogP) is 2.92. The first kappa shape index (κ1) is 17.0. The van der Waals surface area contributed by atoms with E-state index < -0.39 is 5.97 Å². The topological polar surface area (TPSA) is 61.2 Å². The Hall–Kier alpha value is -2.08. The van der Waals surface area contributed by atoms with Crippen LogP contribution < -0.4 is 0 Å². The molecule has 0 atom stereocenters. The van der Waals surface area contributed by atoms with Gasteiger partial charge < -0.3 is 8.75 Å². The zero-order chi connectivity index (χ0) is 15.7. The van der Waals surface area contributed by atoms with Gasteiger partial charge in [-0.2, -0.15) is 0 Å². The fourth-order valence-electron chi connectivity index (χ4n) is 1.74. The van der Waals surface area contributed by atoms with Gasteiger partial charge in [-0.1, -0.05) is 36.5 Å². The van der Waals surface area contributed by atoms with Crippen molar-refractivity contribution in [2.45, 2.75) is 26.3 Å². The Morgan fingerprint density at radius 1 is 1.48 bits per heavy atom. The van der Waals surface area contributed by atoms with Crippen LogP contribution in [0, 0.1) is 0 Å². The molecule has 1 aromatic heterocycles. The molecule has 21 heavy (non-hydrogen) atoms. The first-order chi connectivity index (χ1) is 10.1. The van der Waals surface area contributed by atoms with Crippen LogP contribution in [0.2, 0.25) is 0 Å². The highest BCUT2D eigenvalue weighted by Gasteiger charge is 2.15. The summed E-state index contributed by atoms with van der Waals surface area (Å²) < 4.78 is 5.76. The van der Waals surface area contributed by atoms with E-state index in [4.69, 9.17) is 0 Å². The number of hydrogen-bond donors (Lipinski definition) is 1. The van der Waals surface area contributed by atoms with Crippen LogP contribution in [0.3, 0.4) is 0 Å². The van der Waals surface area contributed by atoms with Gasteiger partial charge in [0.1, 0.15) is 0 Å². The average Bonchev–Trinajstić information content (AvgIpc) is 2.94. The lowest BCUT2D eigenvalue weighted by Crippen LogP contribution is -2.15. The summed E-state index contributed by atoms with van der Waals surface area (Å²) in [4.78, 5) is 27.2. The summed E-state index contributed by atoms with van der Waals surface area (Å²) in [7, 11) is 0. The third-order valence-corrected chi connectivity index (χ3v) is 3.00. The summed E-state index contributed by atoms with van der Waals surface area (Å²) >= 11 is 3.44. The summed E-state index contributed by atoms with van der Waals surface area (Å²) in [6, 6.07) is 0. The molecule has 0 amide bonds. The number of Topliss-reactive ketones (excluding diaryl/α,β-unsaturated/α-hetero) is 1. The van der Waals surface area contributed by atoms with Crippen molar-refractivity contribution in [1.29, 1.82) is 0 Å². The molecule has 0 saturated heterocycles. The lowest BCUT2D eigenvalue weighted by Gasteiger charge is -2.06. The van der Waals surface area contributed by atoms with Crippen LogP contribution in [0.15, 0.2) is 48.8 Å². The quantitative estimate of drug-likeness (QED) is 0.456. The highest BCUT2D eigenvalue weighted by molar-refractivity contribution is 7.75. The molecule has 6 heteroatoms. The summed E-state index contributed by atoms with van der Waals surface area (Å²) in [5.41, 5.74) is 1.06. The molecular formula is C15H18N2O3S. The van der Waals surface area contributed by atoms with E-state index in [-0.39, 0.29) is 18.2 Å². The second-order valence-corrected chi connectivity index (χ2v) is 4.44. The lowest BCUT2D eigenvalue weighted by atomic mass is 10.1. The van der Waals surface area contributed by atoms with Crippen molar-refractivity contribution < 1.29 is 13.8 Å². The maximum atomic E-state index is 12.0. The Morgan fingerprint density at radius 3 is 2.86 bits per heavy atom. The zero-order valence-corrected chi connectivity index (χ0v) is 12.8. The van der Waals surface area contributed by atoms with Gasteiger partial charge in [-0.15, -0.1) is 0 Å². The van der Waals surface area contributed by atoms with E-state index in [2.05, 4.69) is 28.7 Å². The van der Waals surface area contributed by atoms with E-state index in [0.717, 1.165) is 5.57 Å². The van der Waals surface area contributed by atoms with Gasteiger partial charge in [0.15, 0.2) is 5.78 Å². The van der Waals surface area contributed by atoms with E-state index in [1.54, 1.807) is 12.3 Å². The largest absolute Gasteiger partial charge is 0.389 e. The number of hydrogen-bond acceptors (Lipinski definition) is 5. The molecule has 1 rings (SSSR count). The summed E-state index contributed by atoms with van der Waals surface area (Å²) in [6.45, 7) is 5.61. The number of nitrogens with zero attached hydrogens (tertiary/aromatic N) is 2. The van der Waals surface area contributed by atoms with Gasteiger partial charge in [0.25, 0.3) is 0 Å². The normalized spacial score (nSPS) is 11.6. The summed E-state index contributed by atoms with van der Waals surface area (Å²) in [5, 5.41) is 0. The first-order valence-electron chi connectivity index (χ1n) is 6.45. The molecule has 0 fully saturated rings. The van der Waals surface area contributed by atoms with Crippen LogP contribution >= 0.6 is 12.9 Å². The maximum Gasteiger partial charge on any atom is 0.386 e. The monoisotopic (exact) mass is 306 g/mol. The fraction of sp³-hybridized carbons (Fsp3) is 0.267. The smallest absolute Gasteiger partial charge is 0.386 e. The number of imidazole rings is 1. The van der Waals surface area contributed by atoms with Gasteiger partial charge >= 0.3 is 5.97 Å². The second kappa shape index (κ2) is 8.97. The number of carbonyl (C=O) groups is 2. The molecule has 1 heterocycles. The first-order valence-corrected chi connectivity index (χ1v) is 6.81. The van der Waals surface area contributed by atoms with Gasteiger partial charge in [0, 0.05) is 31.7 Å². The van der Waals surface area contributed by atoms with Crippen LogP contribution in [0.1, 0.15) is 30.4 Å². The molecule has 0 radical (unpaired) electrons. The van der Waals surface area contributed by atoms with E-state index in [0.29, 0.717) is 12.8 Å². The van der Waals surface area contributed by atoms with Gasteiger partial charge in [0.05, 0.1) is 6.54 Å². The van der Waals surface area contributed by atoms with Crippen molar-refractivity contribution in [3.8, 4) is 0 Å². The molecule has 0 spiro atoms. The molecule has 5 nitrogen and oxygen atoms in total. The lowest BCUT2D eigenvalue weighted by molar-refractivity contribution is -0.119. The van der Waals surface area contributed by atoms with Crippen LogP contribution in [-0.4, -0.2) is 21.3 Å².